The number of carbonyl (C=O) groups is 1. The van der Waals surface area contributed by atoms with E-state index in [4.69, 9.17) is 4.42 Å². The molecule has 0 aliphatic carbocycles. The zero-order valence-corrected chi connectivity index (χ0v) is 11.5. The predicted octanol–water partition coefficient (Wildman–Crippen LogP) is 0.674. The summed E-state index contributed by atoms with van der Waals surface area (Å²) in [5.41, 5.74) is 2.20. The van der Waals surface area contributed by atoms with Crippen LogP contribution in [0.2, 0.25) is 0 Å². The SMILES string of the molecule is O=C(Cc1ccc2ncoc2c1)NC1CCS(=O)(=O)C1. The van der Waals surface area contributed by atoms with Crippen LogP contribution in [0.25, 0.3) is 11.1 Å². The summed E-state index contributed by atoms with van der Waals surface area (Å²) in [6, 6.07) is 5.12. The molecule has 1 amide bonds. The summed E-state index contributed by atoms with van der Waals surface area (Å²) >= 11 is 0. The second-order valence-electron chi connectivity index (χ2n) is 5.00. The number of sulfone groups is 1. The summed E-state index contributed by atoms with van der Waals surface area (Å²) in [6.45, 7) is 0. The van der Waals surface area contributed by atoms with Gasteiger partial charge in [0, 0.05) is 6.04 Å². The van der Waals surface area contributed by atoms with Gasteiger partial charge in [0.25, 0.3) is 0 Å². The summed E-state index contributed by atoms with van der Waals surface area (Å²) in [5, 5.41) is 2.76. The topological polar surface area (TPSA) is 89.3 Å². The van der Waals surface area contributed by atoms with Crippen molar-refractivity contribution in [2.24, 2.45) is 0 Å². The lowest BCUT2D eigenvalue weighted by Crippen LogP contribution is -2.36. The summed E-state index contributed by atoms with van der Waals surface area (Å²) in [6.07, 6.45) is 2.06. The summed E-state index contributed by atoms with van der Waals surface area (Å²) in [7, 11) is -2.97. The molecule has 0 saturated carbocycles. The van der Waals surface area contributed by atoms with Crippen molar-refractivity contribution >= 4 is 26.8 Å². The van der Waals surface area contributed by atoms with E-state index in [1.165, 1.54) is 6.39 Å². The van der Waals surface area contributed by atoms with Crippen LogP contribution in [0.5, 0.6) is 0 Å². The molecule has 0 bridgehead atoms. The third-order valence-corrected chi connectivity index (χ3v) is 5.13. The Bertz CT molecular complexity index is 751. The minimum atomic E-state index is -2.97. The van der Waals surface area contributed by atoms with Crippen LogP contribution >= 0.6 is 0 Å². The zero-order valence-electron chi connectivity index (χ0n) is 10.7. The largest absolute Gasteiger partial charge is 0.443 e. The Morgan fingerprint density at radius 2 is 2.30 bits per heavy atom. The minimum Gasteiger partial charge on any atom is -0.443 e. The summed E-state index contributed by atoms with van der Waals surface area (Å²) < 4.78 is 27.8. The number of fused-ring (bicyclic) bond motifs is 1. The molecular weight excluding hydrogens is 280 g/mol. The van der Waals surface area contributed by atoms with Gasteiger partial charge in [0.15, 0.2) is 21.8 Å². The normalized spacial score (nSPS) is 21.1. The number of aromatic nitrogens is 1. The van der Waals surface area contributed by atoms with E-state index in [1.807, 2.05) is 6.07 Å². The number of hydrogen-bond donors (Lipinski definition) is 1. The van der Waals surface area contributed by atoms with Crippen molar-refractivity contribution in [2.75, 3.05) is 11.5 Å². The number of nitrogens with one attached hydrogen (secondary N) is 1. The molecule has 1 aliphatic rings. The number of carbonyl (C=O) groups excluding carboxylic acids is 1. The summed E-state index contributed by atoms with van der Waals surface area (Å²) in [5.74, 6) is 0.0212. The Hall–Kier alpha value is -1.89. The Kier molecular flexibility index (Phi) is 3.21. The van der Waals surface area contributed by atoms with Crippen molar-refractivity contribution < 1.29 is 17.6 Å². The van der Waals surface area contributed by atoms with E-state index in [9.17, 15) is 13.2 Å². The fraction of sp³-hybridized carbons (Fsp3) is 0.385. The molecule has 1 aromatic heterocycles. The molecule has 7 heteroatoms. The van der Waals surface area contributed by atoms with Crippen molar-refractivity contribution in [1.29, 1.82) is 0 Å². The highest BCUT2D eigenvalue weighted by molar-refractivity contribution is 7.91. The van der Waals surface area contributed by atoms with Gasteiger partial charge < -0.3 is 9.73 Å². The Morgan fingerprint density at radius 3 is 3.05 bits per heavy atom. The predicted molar refractivity (Wildman–Crippen MR) is 72.9 cm³/mol. The van der Waals surface area contributed by atoms with Gasteiger partial charge in [-0.25, -0.2) is 13.4 Å². The molecule has 2 heterocycles. The van der Waals surface area contributed by atoms with Crippen molar-refractivity contribution in [1.82, 2.24) is 10.3 Å². The van der Waals surface area contributed by atoms with Gasteiger partial charge in [-0.3, -0.25) is 4.79 Å². The van der Waals surface area contributed by atoms with Gasteiger partial charge in [0.05, 0.1) is 17.9 Å². The fourth-order valence-electron chi connectivity index (χ4n) is 2.38. The first kappa shape index (κ1) is 13.1. The molecule has 1 aliphatic heterocycles. The number of nitrogens with zero attached hydrogens (tertiary/aromatic N) is 1. The molecule has 1 atom stereocenters. The molecule has 1 unspecified atom stereocenters. The van der Waals surface area contributed by atoms with E-state index in [-0.39, 0.29) is 29.9 Å². The highest BCUT2D eigenvalue weighted by atomic mass is 32.2. The molecule has 3 rings (SSSR count). The van der Waals surface area contributed by atoms with Crippen molar-refractivity contribution in [3.05, 3.63) is 30.2 Å². The molecule has 1 fully saturated rings. The lowest BCUT2D eigenvalue weighted by Gasteiger charge is -2.10. The molecule has 0 radical (unpaired) electrons. The monoisotopic (exact) mass is 294 g/mol. The standard InChI is InChI=1S/C13H14N2O4S/c16-13(15-10-3-4-20(17,18)7-10)6-9-1-2-11-12(5-9)19-8-14-11/h1-2,5,8,10H,3-4,6-7H2,(H,15,16). The lowest BCUT2D eigenvalue weighted by atomic mass is 10.1. The molecule has 20 heavy (non-hydrogen) atoms. The van der Waals surface area contributed by atoms with Crippen LogP contribution in [0.3, 0.4) is 0 Å². The molecule has 1 aromatic carbocycles. The highest BCUT2D eigenvalue weighted by Crippen LogP contribution is 2.15. The molecule has 1 N–H and O–H groups in total. The van der Waals surface area contributed by atoms with Crippen LogP contribution in [-0.2, 0) is 21.1 Å². The average Bonchev–Trinajstić information content (AvgIpc) is 2.95. The molecular formula is C13H14N2O4S. The molecule has 2 aromatic rings. The first-order valence-corrected chi connectivity index (χ1v) is 8.16. The Morgan fingerprint density at radius 1 is 1.45 bits per heavy atom. The van der Waals surface area contributed by atoms with Crippen molar-refractivity contribution in [3.63, 3.8) is 0 Å². The first-order valence-electron chi connectivity index (χ1n) is 6.34. The third-order valence-electron chi connectivity index (χ3n) is 3.36. The maximum atomic E-state index is 11.9. The van der Waals surface area contributed by atoms with Crippen LogP contribution < -0.4 is 5.32 Å². The highest BCUT2D eigenvalue weighted by Gasteiger charge is 2.28. The fourth-order valence-corrected chi connectivity index (χ4v) is 4.06. The number of rotatable bonds is 3. The van der Waals surface area contributed by atoms with Gasteiger partial charge in [0.1, 0.15) is 5.52 Å². The number of oxazole rings is 1. The summed E-state index contributed by atoms with van der Waals surface area (Å²) in [4.78, 5) is 15.9. The molecule has 106 valence electrons. The van der Waals surface area contributed by atoms with E-state index < -0.39 is 9.84 Å². The number of amides is 1. The van der Waals surface area contributed by atoms with Crippen molar-refractivity contribution in [2.45, 2.75) is 18.9 Å². The van der Waals surface area contributed by atoms with Crippen LogP contribution in [0.15, 0.2) is 29.0 Å². The minimum absolute atomic E-state index is 0.0415. The van der Waals surface area contributed by atoms with Gasteiger partial charge in [0.2, 0.25) is 5.91 Å². The average molecular weight is 294 g/mol. The molecule has 0 spiro atoms. The van der Waals surface area contributed by atoms with Gasteiger partial charge in [-0.1, -0.05) is 6.07 Å². The van der Waals surface area contributed by atoms with Gasteiger partial charge in [-0.2, -0.15) is 0 Å². The van der Waals surface area contributed by atoms with Gasteiger partial charge >= 0.3 is 0 Å². The second-order valence-corrected chi connectivity index (χ2v) is 7.23. The van der Waals surface area contributed by atoms with E-state index in [2.05, 4.69) is 10.3 Å². The van der Waals surface area contributed by atoms with E-state index in [0.717, 1.165) is 11.1 Å². The van der Waals surface area contributed by atoms with E-state index in [0.29, 0.717) is 12.0 Å². The van der Waals surface area contributed by atoms with Gasteiger partial charge in [-0.15, -0.1) is 0 Å². The molecule has 1 saturated heterocycles. The molecule has 6 nitrogen and oxygen atoms in total. The lowest BCUT2D eigenvalue weighted by molar-refractivity contribution is -0.120. The van der Waals surface area contributed by atoms with Crippen molar-refractivity contribution in [3.8, 4) is 0 Å². The number of benzene rings is 1. The maximum absolute atomic E-state index is 11.9. The van der Waals surface area contributed by atoms with Crippen LogP contribution in [0.1, 0.15) is 12.0 Å². The Balaban J connectivity index is 1.64. The van der Waals surface area contributed by atoms with E-state index in [1.54, 1.807) is 12.1 Å². The third kappa shape index (κ3) is 2.82. The van der Waals surface area contributed by atoms with Gasteiger partial charge in [-0.05, 0) is 24.1 Å². The first-order chi connectivity index (χ1) is 9.52. The second kappa shape index (κ2) is 4.90. The number of hydrogen-bond acceptors (Lipinski definition) is 5. The van der Waals surface area contributed by atoms with Crippen LogP contribution in [-0.4, -0.2) is 36.9 Å². The Labute approximate surface area is 116 Å². The smallest absolute Gasteiger partial charge is 0.224 e. The van der Waals surface area contributed by atoms with Crippen LogP contribution in [0, 0.1) is 0 Å². The van der Waals surface area contributed by atoms with Crippen LogP contribution in [0.4, 0.5) is 0 Å². The van der Waals surface area contributed by atoms with E-state index >= 15 is 0 Å². The quantitative estimate of drug-likeness (QED) is 0.899. The maximum Gasteiger partial charge on any atom is 0.224 e. The zero-order chi connectivity index (χ0) is 14.2.